The number of halogens is 4. The second kappa shape index (κ2) is 13.1. The van der Waals surface area contributed by atoms with Gasteiger partial charge in [-0.3, -0.25) is 9.59 Å². The fourth-order valence-electron chi connectivity index (χ4n) is 6.54. The van der Waals surface area contributed by atoms with Crippen LogP contribution < -0.4 is 10.1 Å². The van der Waals surface area contributed by atoms with Gasteiger partial charge in [-0.15, -0.1) is 17.5 Å². The molecule has 14 heteroatoms. The van der Waals surface area contributed by atoms with Crippen molar-refractivity contribution in [2.75, 3.05) is 32.8 Å². The van der Waals surface area contributed by atoms with E-state index in [-0.39, 0.29) is 47.8 Å². The highest BCUT2D eigenvalue weighted by Gasteiger charge is 2.39. The number of aromatic nitrogens is 4. The first kappa shape index (κ1) is 31.7. The number of tetrazole rings is 1. The van der Waals surface area contributed by atoms with Crippen LogP contribution in [0.15, 0.2) is 42.5 Å². The van der Waals surface area contributed by atoms with Crippen molar-refractivity contribution in [2.24, 2.45) is 5.92 Å². The Morgan fingerprint density at radius 2 is 1.77 bits per heavy atom. The van der Waals surface area contributed by atoms with Crippen LogP contribution in [-0.4, -0.2) is 80.6 Å². The lowest BCUT2D eigenvalue weighted by molar-refractivity contribution is -0.146. The van der Waals surface area contributed by atoms with Crippen LogP contribution in [0.3, 0.4) is 0 Å². The molecule has 3 aliphatic heterocycles. The summed E-state index contributed by atoms with van der Waals surface area (Å²) in [5.74, 6) is -0.390. The minimum atomic E-state index is -4.70. The van der Waals surface area contributed by atoms with Gasteiger partial charge < -0.3 is 19.9 Å². The van der Waals surface area contributed by atoms with Gasteiger partial charge in [-0.05, 0) is 52.9 Å². The molecule has 3 aliphatic rings. The number of rotatable bonds is 6. The Hall–Kier alpha value is -3.71. The van der Waals surface area contributed by atoms with Crippen molar-refractivity contribution in [2.45, 2.75) is 57.3 Å². The lowest BCUT2D eigenvalue weighted by Crippen LogP contribution is -2.52. The van der Waals surface area contributed by atoms with Crippen LogP contribution in [0.1, 0.15) is 54.6 Å². The van der Waals surface area contributed by atoms with Gasteiger partial charge in [-0.1, -0.05) is 30.3 Å². The molecule has 2 aromatic carbocycles. The van der Waals surface area contributed by atoms with E-state index in [2.05, 4.69) is 33.0 Å². The summed E-state index contributed by atoms with van der Waals surface area (Å²) >= 11 is 0. The second-order valence-electron chi connectivity index (χ2n) is 11.5. The van der Waals surface area contributed by atoms with E-state index in [1.807, 2.05) is 23.1 Å². The number of nitrogens with zero attached hydrogens (tertiary/aromatic N) is 6. The number of nitrogens with one attached hydrogen (secondary N) is 1. The molecule has 1 N–H and O–H groups in total. The molecular weight excluding hydrogens is 599 g/mol. The number of benzene rings is 2. The third kappa shape index (κ3) is 6.53. The second-order valence-corrected chi connectivity index (χ2v) is 11.5. The van der Waals surface area contributed by atoms with Crippen LogP contribution in [0.2, 0.25) is 0 Å². The molecule has 0 saturated carbocycles. The first-order valence-electron chi connectivity index (χ1n) is 14.7. The van der Waals surface area contributed by atoms with E-state index in [0.717, 1.165) is 21.4 Å². The smallest absolute Gasteiger partial charge is 0.453 e. The summed E-state index contributed by atoms with van der Waals surface area (Å²) < 4.78 is 47.3. The molecule has 0 spiro atoms. The molecule has 10 nitrogen and oxygen atoms in total. The highest BCUT2D eigenvalue weighted by Crippen LogP contribution is 2.36. The number of likely N-dealkylation sites (tertiary alicyclic amines) is 2. The van der Waals surface area contributed by atoms with E-state index >= 15 is 0 Å². The van der Waals surface area contributed by atoms with Gasteiger partial charge in [-0.25, -0.2) is 0 Å². The highest BCUT2D eigenvalue weighted by molar-refractivity contribution is 5.85. The monoisotopic (exact) mass is 633 g/mol. The maximum absolute atomic E-state index is 13.6. The van der Waals surface area contributed by atoms with Gasteiger partial charge >= 0.3 is 6.18 Å². The fourth-order valence-corrected chi connectivity index (χ4v) is 6.54. The molecule has 4 heterocycles. The summed E-state index contributed by atoms with van der Waals surface area (Å²) in [6.07, 6.45) is -2.06. The molecule has 6 rings (SSSR count). The highest BCUT2D eigenvalue weighted by atomic mass is 35.5. The maximum atomic E-state index is 13.6. The lowest BCUT2D eigenvalue weighted by atomic mass is 9.84. The van der Waals surface area contributed by atoms with Crippen LogP contribution in [0.25, 0.3) is 5.69 Å². The van der Waals surface area contributed by atoms with E-state index in [9.17, 15) is 22.8 Å². The van der Waals surface area contributed by atoms with Crippen molar-refractivity contribution >= 4 is 24.2 Å². The molecule has 236 valence electrons. The van der Waals surface area contributed by atoms with Crippen LogP contribution in [0.4, 0.5) is 13.2 Å². The predicted molar refractivity (Wildman–Crippen MR) is 157 cm³/mol. The summed E-state index contributed by atoms with van der Waals surface area (Å²) in [7, 11) is 0. The average Bonchev–Trinajstić information content (AvgIpc) is 3.70. The first-order chi connectivity index (χ1) is 20.7. The van der Waals surface area contributed by atoms with Crippen molar-refractivity contribution in [3.63, 3.8) is 0 Å². The predicted octanol–water partition coefficient (Wildman–Crippen LogP) is 3.77. The van der Waals surface area contributed by atoms with Crippen LogP contribution in [-0.2, 0) is 28.7 Å². The lowest BCUT2D eigenvalue weighted by Gasteiger charge is -2.42. The summed E-state index contributed by atoms with van der Waals surface area (Å²) in [5, 5.41) is 13.7. The fraction of sp³-hybridized carbons (Fsp3) is 0.500. The summed E-state index contributed by atoms with van der Waals surface area (Å²) in [5.41, 5.74) is 2.89. The molecule has 0 radical (unpaired) electrons. The number of piperidine rings is 2. The normalized spacial score (nSPS) is 20.5. The van der Waals surface area contributed by atoms with E-state index in [0.29, 0.717) is 70.8 Å². The number of fused-ring (bicyclic) bond motifs is 1. The molecule has 3 aromatic rings. The van der Waals surface area contributed by atoms with Crippen molar-refractivity contribution in [3.8, 4) is 11.4 Å². The number of amides is 2. The van der Waals surface area contributed by atoms with Gasteiger partial charge in [0, 0.05) is 69.5 Å². The zero-order chi connectivity index (χ0) is 30.1. The van der Waals surface area contributed by atoms with Crippen molar-refractivity contribution in [3.05, 3.63) is 65.0 Å². The van der Waals surface area contributed by atoms with Gasteiger partial charge in [-0.2, -0.15) is 17.9 Å². The van der Waals surface area contributed by atoms with Crippen LogP contribution in [0, 0.1) is 5.92 Å². The van der Waals surface area contributed by atoms with Crippen molar-refractivity contribution in [1.29, 1.82) is 0 Å². The van der Waals surface area contributed by atoms with E-state index < -0.39 is 12.0 Å². The number of carbonyl (C=O) groups excluding carboxylic acids is 2. The van der Waals surface area contributed by atoms with Gasteiger partial charge in [0.25, 0.3) is 5.82 Å². The number of carbonyl (C=O) groups is 2. The Labute approximate surface area is 259 Å². The van der Waals surface area contributed by atoms with Crippen molar-refractivity contribution < 1.29 is 27.5 Å². The number of ether oxygens (including phenoxy) is 1. The molecule has 2 fully saturated rings. The van der Waals surface area contributed by atoms with Crippen LogP contribution >= 0.6 is 12.4 Å². The van der Waals surface area contributed by atoms with Gasteiger partial charge in [0.15, 0.2) is 0 Å². The Bertz CT molecular complexity index is 1480. The third-order valence-corrected chi connectivity index (χ3v) is 8.81. The topological polar surface area (TPSA) is 105 Å². The summed E-state index contributed by atoms with van der Waals surface area (Å²) in [6.45, 7) is 4.74. The van der Waals surface area contributed by atoms with Gasteiger partial charge in [0.1, 0.15) is 5.75 Å². The molecule has 0 unspecified atom stereocenters. The molecule has 1 aromatic heterocycles. The molecule has 2 atom stereocenters. The quantitative estimate of drug-likeness (QED) is 0.441. The largest absolute Gasteiger partial charge is 0.493 e. The third-order valence-electron chi connectivity index (χ3n) is 8.81. The Balaban J connectivity index is 0.00000384. The van der Waals surface area contributed by atoms with Gasteiger partial charge in [0.05, 0.1) is 12.3 Å². The Morgan fingerprint density at radius 1 is 1.05 bits per heavy atom. The number of hydrogen-bond donors (Lipinski definition) is 1. The Kier molecular flexibility index (Phi) is 9.45. The minimum absolute atomic E-state index is 0. The zero-order valence-corrected chi connectivity index (χ0v) is 25.1. The number of hydrogen-bond acceptors (Lipinski definition) is 7. The standard InChI is InChI=1S/C30H34F3N7O3.ClH/c1-19(41)38-11-7-21(8-12-38)28(42)39-13-9-26(25(18-39)20-5-3-2-4-6-20)34-17-23-16-24(15-22-10-14-43-27(22)23)40-29(30(31,32)33)35-36-37-40;/h2-6,15-16,21,25-26,34H,7-14,17-18H2,1H3;1H/t25-,26-;/m0./s1. The maximum Gasteiger partial charge on any atom is 0.453 e. The van der Waals surface area contributed by atoms with Crippen LogP contribution in [0.5, 0.6) is 5.75 Å². The van der Waals surface area contributed by atoms with Gasteiger partial charge in [0.2, 0.25) is 11.8 Å². The average molecular weight is 634 g/mol. The summed E-state index contributed by atoms with van der Waals surface area (Å²) in [4.78, 5) is 29.0. The van der Waals surface area contributed by atoms with Crippen molar-refractivity contribution in [1.82, 2.24) is 35.3 Å². The van der Waals surface area contributed by atoms with E-state index in [1.54, 1.807) is 24.0 Å². The Morgan fingerprint density at radius 3 is 2.48 bits per heavy atom. The molecule has 2 amide bonds. The zero-order valence-electron chi connectivity index (χ0n) is 24.3. The summed E-state index contributed by atoms with van der Waals surface area (Å²) in [6, 6.07) is 13.4. The van der Waals surface area contributed by atoms with E-state index in [1.165, 1.54) is 0 Å². The molecule has 2 saturated heterocycles. The first-order valence-corrected chi connectivity index (χ1v) is 14.7. The molecule has 44 heavy (non-hydrogen) atoms. The molecular formula is C30H35ClF3N7O3. The minimum Gasteiger partial charge on any atom is -0.493 e. The molecule has 0 bridgehead atoms. The number of alkyl halides is 3. The SMILES string of the molecule is CC(=O)N1CCC(C(=O)N2CC[C@H](NCc3cc(-n4nnnc4C(F)(F)F)cc4c3OCC4)[C@H](c3ccccc3)C2)CC1.Cl. The molecule has 0 aliphatic carbocycles. The van der Waals surface area contributed by atoms with E-state index in [4.69, 9.17) is 4.74 Å².